The molecule has 18 heavy (non-hydrogen) atoms. The van der Waals surface area contributed by atoms with Gasteiger partial charge in [0.15, 0.2) is 0 Å². The molecule has 0 bridgehead atoms. The maximum Gasteiger partial charge on any atom is 0.306 e. The van der Waals surface area contributed by atoms with E-state index in [1.807, 2.05) is 25.1 Å². The Morgan fingerprint density at radius 3 is 2.89 bits per heavy atom. The summed E-state index contributed by atoms with van der Waals surface area (Å²) in [6.07, 6.45) is 2.42. The molecule has 4 heteroatoms. The first-order chi connectivity index (χ1) is 8.60. The summed E-state index contributed by atoms with van der Waals surface area (Å²) in [5.41, 5.74) is 2.99. The van der Waals surface area contributed by atoms with Crippen molar-refractivity contribution in [3.8, 4) is 0 Å². The van der Waals surface area contributed by atoms with Crippen molar-refractivity contribution in [2.45, 2.75) is 32.6 Å². The highest BCUT2D eigenvalue weighted by atomic mass is 16.4. The molecule has 1 aliphatic rings. The van der Waals surface area contributed by atoms with Gasteiger partial charge in [0, 0.05) is 12.1 Å². The Hall–Kier alpha value is -1.84. The molecule has 0 saturated heterocycles. The monoisotopic (exact) mass is 247 g/mol. The summed E-state index contributed by atoms with van der Waals surface area (Å²) >= 11 is 0. The number of carboxylic acid groups (broad SMARTS) is 1. The lowest BCUT2D eigenvalue weighted by Gasteiger charge is -2.18. The number of hydrogen-bond acceptors (Lipinski definition) is 2. The third kappa shape index (κ3) is 2.70. The number of benzene rings is 1. The summed E-state index contributed by atoms with van der Waals surface area (Å²) in [5, 5.41) is 11.9. The van der Waals surface area contributed by atoms with Gasteiger partial charge >= 0.3 is 5.97 Å². The van der Waals surface area contributed by atoms with Gasteiger partial charge in [-0.1, -0.05) is 19.1 Å². The minimum Gasteiger partial charge on any atom is -0.481 e. The molecular formula is C14H17NO3. The summed E-state index contributed by atoms with van der Waals surface area (Å²) < 4.78 is 0. The van der Waals surface area contributed by atoms with E-state index in [0.29, 0.717) is 19.3 Å². The van der Waals surface area contributed by atoms with Crippen molar-refractivity contribution in [2.24, 2.45) is 5.92 Å². The number of rotatable bonds is 4. The van der Waals surface area contributed by atoms with E-state index < -0.39 is 5.97 Å². The van der Waals surface area contributed by atoms with Crippen molar-refractivity contribution in [1.29, 1.82) is 0 Å². The number of fused-ring (bicyclic) bond motifs is 1. The molecule has 0 aliphatic carbocycles. The molecule has 1 aromatic rings. The Morgan fingerprint density at radius 2 is 2.22 bits per heavy atom. The van der Waals surface area contributed by atoms with Gasteiger partial charge in [-0.05, 0) is 36.5 Å². The summed E-state index contributed by atoms with van der Waals surface area (Å²) in [6.45, 7) is 1.89. The molecule has 1 aromatic carbocycles. The number of anilines is 1. The van der Waals surface area contributed by atoms with Crippen LogP contribution in [0.1, 0.15) is 30.9 Å². The van der Waals surface area contributed by atoms with Crippen molar-refractivity contribution in [3.05, 3.63) is 29.3 Å². The number of amides is 1. The van der Waals surface area contributed by atoms with Crippen LogP contribution in [0.5, 0.6) is 0 Å². The zero-order chi connectivity index (χ0) is 13.1. The third-order valence-electron chi connectivity index (χ3n) is 3.39. The van der Waals surface area contributed by atoms with E-state index in [2.05, 4.69) is 5.32 Å². The van der Waals surface area contributed by atoms with Gasteiger partial charge in [-0.25, -0.2) is 0 Å². The first kappa shape index (κ1) is 12.6. The molecule has 1 heterocycles. The second-order valence-corrected chi connectivity index (χ2v) is 4.69. The minimum atomic E-state index is -0.747. The van der Waals surface area contributed by atoms with Gasteiger partial charge < -0.3 is 10.4 Å². The van der Waals surface area contributed by atoms with Crippen molar-refractivity contribution < 1.29 is 14.7 Å². The van der Waals surface area contributed by atoms with Crippen molar-refractivity contribution in [2.75, 3.05) is 5.32 Å². The van der Waals surface area contributed by atoms with Crippen LogP contribution >= 0.6 is 0 Å². The fourth-order valence-electron chi connectivity index (χ4n) is 2.25. The molecule has 1 amide bonds. The van der Waals surface area contributed by atoms with Gasteiger partial charge in [0.1, 0.15) is 0 Å². The van der Waals surface area contributed by atoms with Crippen LogP contribution in [0.15, 0.2) is 18.2 Å². The zero-order valence-corrected chi connectivity index (χ0v) is 10.4. The summed E-state index contributed by atoms with van der Waals surface area (Å²) in [5.74, 6) is -1.03. The van der Waals surface area contributed by atoms with Gasteiger partial charge in [0.25, 0.3) is 0 Å². The van der Waals surface area contributed by atoms with E-state index in [-0.39, 0.29) is 11.8 Å². The second kappa shape index (κ2) is 5.21. The largest absolute Gasteiger partial charge is 0.481 e. The molecule has 2 rings (SSSR count). The van der Waals surface area contributed by atoms with Gasteiger partial charge in [-0.3, -0.25) is 9.59 Å². The number of hydrogen-bond donors (Lipinski definition) is 2. The highest BCUT2D eigenvalue weighted by Crippen LogP contribution is 2.25. The lowest BCUT2D eigenvalue weighted by molar-refractivity contribution is -0.141. The molecule has 4 nitrogen and oxygen atoms in total. The van der Waals surface area contributed by atoms with Gasteiger partial charge in [0.2, 0.25) is 5.91 Å². The maximum absolute atomic E-state index is 11.2. The van der Waals surface area contributed by atoms with E-state index in [1.165, 1.54) is 0 Å². The summed E-state index contributed by atoms with van der Waals surface area (Å²) in [7, 11) is 0. The van der Waals surface area contributed by atoms with E-state index in [0.717, 1.165) is 23.2 Å². The minimum absolute atomic E-state index is 0.0484. The number of carbonyl (C=O) groups is 2. The number of aliphatic carboxylic acids is 1. The fourth-order valence-corrected chi connectivity index (χ4v) is 2.25. The van der Waals surface area contributed by atoms with Crippen molar-refractivity contribution in [1.82, 2.24) is 0 Å². The predicted octanol–water partition coefficient (Wildman–Crippen LogP) is 2.22. The SMILES string of the molecule is CCC(Cc1ccc2c(c1)CCC(=O)N2)C(=O)O. The highest BCUT2D eigenvalue weighted by molar-refractivity contribution is 5.93. The Kier molecular flexibility index (Phi) is 3.65. The van der Waals surface area contributed by atoms with Crippen LogP contribution in [-0.4, -0.2) is 17.0 Å². The van der Waals surface area contributed by atoms with Crippen LogP contribution in [0.2, 0.25) is 0 Å². The molecule has 0 saturated carbocycles. The Balaban J connectivity index is 2.16. The summed E-state index contributed by atoms with van der Waals surface area (Å²) in [6, 6.07) is 5.78. The average molecular weight is 247 g/mol. The quantitative estimate of drug-likeness (QED) is 0.857. The average Bonchev–Trinajstić information content (AvgIpc) is 2.35. The number of carbonyl (C=O) groups excluding carboxylic acids is 1. The lowest BCUT2D eigenvalue weighted by Crippen LogP contribution is -2.19. The third-order valence-corrected chi connectivity index (χ3v) is 3.39. The van der Waals surface area contributed by atoms with Crippen LogP contribution in [0, 0.1) is 5.92 Å². The molecular weight excluding hydrogens is 230 g/mol. The molecule has 0 fully saturated rings. The van der Waals surface area contributed by atoms with Gasteiger partial charge in [0.05, 0.1) is 5.92 Å². The molecule has 2 N–H and O–H groups in total. The van der Waals surface area contributed by atoms with Crippen LogP contribution in [0.25, 0.3) is 0 Å². The van der Waals surface area contributed by atoms with E-state index in [9.17, 15) is 9.59 Å². The lowest BCUT2D eigenvalue weighted by atomic mass is 9.93. The van der Waals surface area contributed by atoms with Crippen LogP contribution in [0.4, 0.5) is 5.69 Å². The van der Waals surface area contributed by atoms with Crippen LogP contribution in [0.3, 0.4) is 0 Å². The van der Waals surface area contributed by atoms with Gasteiger partial charge in [-0.2, -0.15) is 0 Å². The Morgan fingerprint density at radius 1 is 1.44 bits per heavy atom. The molecule has 0 radical (unpaired) electrons. The molecule has 0 spiro atoms. The van der Waals surface area contributed by atoms with E-state index in [4.69, 9.17) is 5.11 Å². The van der Waals surface area contributed by atoms with E-state index >= 15 is 0 Å². The first-order valence-corrected chi connectivity index (χ1v) is 6.24. The highest BCUT2D eigenvalue weighted by Gasteiger charge is 2.18. The van der Waals surface area contributed by atoms with Crippen LogP contribution < -0.4 is 5.32 Å². The van der Waals surface area contributed by atoms with Crippen molar-refractivity contribution in [3.63, 3.8) is 0 Å². The smallest absolute Gasteiger partial charge is 0.306 e. The predicted molar refractivity (Wildman–Crippen MR) is 68.5 cm³/mol. The Labute approximate surface area is 106 Å². The van der Waals surface area contributed by atoms with Crippen molar-refractivity contribution >= 4 is 17.6 Å². The van der Waals surface area contributed by atoms with Crippen LogP contribution in [-0.2, 0) is 22.4 Å². The first-order valence-electron chi connectivity index (χ1n) is 6.24. The number of carboxylic acids is 1. The normalized spacial score (nSPS) is 15.7. The molecule has 1 aliphatic heterocycles. The second-order valence-electron chi connectivity index (χ2n) is 4.69. The Bertz CT molecular complexity index is 482. The zero-order valence-electron chi connectivity index (χ0n) is 10.4. The number of aryl methyl sites for hydroxylation is 1. The molecule has 1 unspecified atom stereocenters. The molecule has 96 valence electrons. The standard InChI is InChI=1S/C14H17NO3/c1-2-10(14(17)18)7-9-3-5-12-11(8-9)4-6-13(16)15-12/h3,5,8,10H,2,4,6-7H2,1H3,(H,15,16)(H,17,18). The molecule has 1 atom stereocenters. The van der Waals surface area contributed by atoms with E-state index in [1.54, 1.807) is 0 Å². The topological polar surface area (TPSA) is 66.4 Å². The molecule has 0 aromatic heterocycles. The summed E-state index contributed by atoms with van der Waals surface area (Å²) in [4.78, 5) is 22.2. The fraction of sp³-hybridized carbons (Fsp3) is 0.429. The maximum atomic E-state index is 11.2. The van der Waals surface area contributed by atoms with Gasteiger partial charge in [-0.15, -0.1) is 0 Å². The number of nitrogens with one attached hydrogen (secondary N) is 1.